The Kier molecular flexibility index (Phi) is 5.57. The van der Waals surface area contributed by atoms with Crippen LogP contribution in [0.25, 0.3) is 0 Å². The van der Waals surface area contributed by atoms with E-state index in [1.807, 2.05) is 18.2 Å². The van der Waals surface area contributed by atoms with Crippen LogP contribution in [-0.4, -0.2) is 54.7 Å². The van der Waals surface area contributed by atoms with Crippen LogP contribution < -0.4 is 9.47 Å². The lowest BCUT2D eigenvalue weighted by molar-refractivity contribution is 0.0960. The second kappa shape index (κ2) is 7.20. The summed E-state index contributed by atoms with van der Waals surface area (Å²) in [4.78, 5) is 3.37. The molecular weight excluding hydrogens is 274 g/mol. The SMILES string of the molecule is CCN(CC)C[C@H]1Sc2cc(OC)ccc2OC[C@H]1O. The molecule has 0 amide bonds. The van der Waals surface area contributed by atoms with E-state index in [9.17, 15) is 5.11 Å². The van der Waals surface area contributed by atoms with E-state index in [0.717, 1.165) is 36.0 Å². The Morgan fingerprint density at radius 2 is 2.15 bits per heavy atom. The minimum absolute atomic E-state index is 0.114. The van der Waals surface area contributed by atoms with Gasteiger partial charge in [0.25, 0.3) is 0 Å². The van der Waals surface area contributed by atoms with Crippen molar-refractivity contribution >= 4 is 11.8 Å². The van der Waals surface area contributed by atoms with Crippen molar-refractivity contribution < 1.29 is 14.6 Å². The van der Waals surface area contributed by atoms with Crippen molar-refractivity contribution in [2.75, 3.05) is 33.4 Å². The Balaban J connectivity index is 2.17. The molecule has 0 spiro atoms. The molecule has 0 saturated heterocycles. The van der Waals surface area contributed by atoms with Gasteiger partial charge in [0.2, 0.25) is 0 Å². The average Bonchev–Trinajstić information content (AvgIpc) is 2.63. The van der Waals surface area contributed by atoms with E-state index in [-0.39, 0.29) is 5.25 Å². The van der Waals surface area contributed by atoms with Crippen molar-refractivity contribution in [3.63, 3.8) is 0 Å². The number of ether oxygens (including phenoxy) is 2. The summed E-state index contributed by atoms with van der Waals surface area (Å²) in [7, 11) is 1.66. The van der Waals surface area contributed by atoms with Gasteiger partial charge in [-0.3, -0.25) is 0 Å². The van der Waals surface area contributed by atoms with Gasteiger partial charge < -0.3 is 19.5 Å². The molecule has 0 radical (unpaired) electrons. The first-order chi connectivity index (χ1) is 9.67. The summed E-state index contributed by atoms with van der Waals surface area (Å²) < 4.78 is 11.0. The quantitative estimate of drug-likeness (QED) is 0.903. The molecule has 0 unspecified atom stereocenters. The normalized spacial score (nSPS) is 22.1. The van der Waals surface area contributed by atoms with E-state index in [0.29, 0.717) is 6.61 Å². The first kappa shape index (κ1) is 15.5. The first-order valence-electron chi connectivity index (χ1n) is 7.05. The van der Waals surface area contributed by atoms with Crippen LogP contribution >= 0.6 is 11.8 Å². The maximum atomic E-state index is 10.3. The number of aliphatic hydroxyl groups is 1. The van der Waals surface area contributed by atoms with E-state index >= 15 is 0 Å². The zero-order chi connectivity index (χ0) is 14.5. The van der Waals surface area contributed by atoms with Gasteiger partial charge in [-0.25, -0.2) is 0 Å². The maximum absolute atomic E-state index is 10.3. The summed E-state index contributed by atoms with van der Waals surface area (Å²) in [6.07, 6.45) is -0.459. The summed E-state index contributed by atoms with van der Waals surface area (Å²) in [6, 6.07) is 5.78. The monoisotopic (exact) mass is 297 g/mol. The third-order valence-corrected chi connectivity index (χ3v) is 4.94. The van der Waals surface area contributed by atoms with Gasteiger partial charge >= 0.3 is 0 Å². The smallest absolute Gasteiger partial charge is 0.133 e. The molecule has 1 N–H and O–H groups in total. The number of aliphatic hydroxyl groups excluding tert-OH is 1. The summed E-state index contributed by atoms with van der Waals surface area (Å²) in [6.45, 7) is 7.48. The fourth-order valence-electron chi connectivity index (χ4n) is 2.25. The third kappa shape index (κ3) is 3.59. The Bertz CT molecular complexity index is 437. The zero-order valence-corrected chi connectivity index (χ0v) is 13.2. The maximum Gasteiger partial charge on any atom is 0.133 e. The fraction of sp³-hybridized carbons (Fsp3) is 0.600. The Hall–Kier alpha value is -0.910. The van der Waals surface area contributed by atoms with E-state index in [1.54, 1.807) is 18.9 Å². The molecule has 2 rings (SSSR count). The van der Waals surface area contributed by atoms with E-state index < -0.39 is 6.10 Å². The van der Waals surface area contributed by atoms with Crippen LogP contribution in [0.1, 0.15) is 13.8 Å². The molecule has 1 aromatic carbocycles. The topological polar surface area (TPSA) is 41.9 Å². The Morgan fingerprint density at radius 1 is 1.40 bits per heavy atom. The highest BCUT2D eigenvalue weighted by Gasteiger charge is 2.27. The van der Waals surface area contributed by atoms with Gasteiger partial charge in [-0.05, 0) is 31.3 Å². The van der Waals surface area contributed by atoms with Crippen molar-refractivity contribution in [3.05, 3.63) is 18.2 Å². The summed E-state index contributed by atoms with van der Waals surface area (Å²) in [5.74, 6) is 1.65. The molecule has 0 aromatic heterocycles. The largest absolute Gasteiger partial charge is 0.497 e. The molecule has 1 aliphatic rings. The van der Waals surface area contributed by atoms with Crippen LogP contribution in [-0.2, 0) is 0 Å². The fourth-order valence-corrected chi connectivity index (χ4v) is 3.52. The van der Waals surface area contributed by atoms with Crippen LogP contribution in [0.3, 0.4) is 0 Å². The number of rotatable bonds is 5. The molecule has 5 heteroatoms. The van der Waals surface area contributed by atoms with Gasteiger partial charge in [-0.15, -0.1) is 11.8 Å². The number of hydrogen-bond acceptors (Lipinski definition) is 5. The summed E-state index contributed by atoms with van der Waals surface area (Å²) in [5, 5.41) is 10.4. The molecule has 1 aromatic rings. The second-order valence-electron chi connectivity index (χ2n) is 4.83. The Morgan fingerprint density at radius 3 is 2.80 bits per heavy atom. The molecule has 1 heterocycles. The molecule has 20 heavy (non-hydrogen) atoms. The molecule has 0 aliphatic carbocycles. The average molecular weight is 297 g/mol. The standard InChI is InChI=1S/C15H23NO3S/c1-4-16(5-2)9-15-12(17)10-19-13-7-6-11(18-3)8-14(13)20-15/h6-8,12,15,17H,4-5,9-10H2,1-3H3/t12-,15-/m1/s1. The molecular formula is C15H23NO3S. The van der Waals surface area contributed by atoms with Gasteiger partial charge in [0.05, 0.1) is 17.3 Å². The minimum atomic E-state index is -0.459. The number of methoxy groups -OCH3 is 1. The molecule has 0 bridgehead atoms. The lowest BCUT2D eigenvalue weighted by Crippen LogP contribution is -2.39. The van der Waals surface area contributed by atoms with Gasteiger partial charge in [0, 0.05) is 6.54 Å². The van der Waals surface area contributed by atoms with Crippen molar-refractivity contribution in [2.24, 2.45) is 0 Å². The summed E-state index contributed by atoms with van der Waals surface area (Å²) >= 11 is 1.68. The second-order valence-corrected chi connectivity index (χ2v) is 6.11. The highest BCUT2D eigenvalue weighted by molar-refractivity contribution is 8.00. The van der Waals surface area contributed by atoms with Crippen molar-refractivity contribution in [3.8, 4) is 11.5 Å². The molecule has 0 fully saturated rings. The van der Waals surface area contributed by atoms with E-state index in [2.05, 4.69) is 18.7 Å². The summed E-state index contributed by atoms with van der Waals surface area (Å²) in [5.41, 5.74) is 0. The highest BCUT2D eigenvalue weighted by atomic mass is 32.2. The van der Waals surface area contributed by atoms with Crippen LogP contribution in [0.4, 0.5) is 0 Å². The number of fused-ring (bicyclic) bond motifs is 1. The lowest BCUT2D eigenvalue weighted by Gasteiger charge is -2.26. The molecule has 2 atom stereocenters. The van der Waals surface area contributed by atoms with Gasteiger partial charge in [-0.2, -0.15) is 0 Å². The van der Waals surface area contributed by atoms with Gasteiger partial charge in [0.15, 0.2) is 0 Å². The van der Waals surface area contributed by atoms with Gasteiger partial charge in [0.1, 0.15) is 24.2 Å². The highest BCUT2D eigenvalue weighted by Crippen LogP contribution is 2.39. The molecule has 1 aliphatic heterocycles. The molecule has 0 saturated carbocycles. The number of hydrogen-bond donors (Lipinski definition) is 1. The predicted octanol–water partition coefficient (Wildman–Crippen LogP) is 2.25. The lowest BCUT2D eigenvalue weighted by atomic mass is 10.2. The zero-order valence-electron chi connectivity index (χ0n) is 12.3. The van der Waals surface area contributed by atoms with Crippen LogP contribution in [0, 0.1) is 0 Å². The van der Waals surface area contributed by atoms with Crippen molar-refractivity contribution in [1.29, 1.82) is 0 Å². The minimum Gasteiger partial charge on any atom is -0.497 e. The number of thioether (sulfide) groups is 1. The first-order valence-corrected chi connectivity index (χ1v) is 7.93. The van der Waals surface area contributed by atoms with Crippen LogP contribution in [0.2, 0.25) is 0 Å². The predicted molar refractivity (Wildman–Crippen MR) is 81.9 cm³/mol. The van der Waals surface area contributed by atoms with E-state index in [1.165, 1.54) is 0 Å². The van der Waals surface area contributed by atoms with Crippen molar-refractivity contribution in [2.45, 2.75) is 30.1 Å². The van der Waals surface area contributed by atoms with Gasteiger partial charge in [-0.1, -0.05) is 13.8 Å². The Labute approximate surface area is 125 Å². The van der Waals surface area contributed by atoms with E-state index in [4.69, 9.17) is 9.47 Å². The number of benzene rings is 1. The van der Waals surface area contributed by atoms with Crippen molar-refractivity contribution in [1.82, 2.24) is 4.90 Å². The van der Waals surface area contributed by atoms with Crippen LogP contribution in [0.5, 0.6) is 11.5 Å². The molecule has 4 nitrogen and oxygen atoms in total. The third-order valence-electron chi connectivity index (χ3n) is 3.60. The van der Waals surface area contributed by atoms with Crippen LogP contribution in [0.15, 0.2) is 23.1 Å². The molecule has 112 valence electrons. The number of nitrogens with zero attached hydrogens (tertiary/aromatic N) is 1.